The van der Waals surface area contributed by atoms with Gasteiger partial charge in [-0.05, 0) is 28.8 Å². The van der Waals surface area contributed by atoms with Crippen molar-refractivity contribution in [3.8, 4) is 0 Å². The highest BCUT2D eigenvalue weighted by molar-refractivity contribution is 9.10. The highest BCUT2D eigenvalue weighted by Gasteiger charge is 2.34. The molecule has 1 aromatic rings. The third-order valence-corrected chi connectivity index (χ3v) is 6.30. The molecule has 0 radical (unpaired) electrons. The fraction of sp³-hybridized carbons (Fsp3) is 0.667. The fourth-order valence-electron chi connectivity index (χ4n) is 2.10. The van der Waals surface area contributed by atoms with E-state index in [1.54, 1.807) is 7.05 Å². The van der Waals surface area contributed by atoms with Crippen LogP contribution in [0.15, 0.2) is 9.63 Å². The molecule has 10 heteroatoms. The summed E-state index contributed by atoms with van der Waals surface area (Å²) in [6, 6.07) is 0. The summed E-state index contributed by atoms with van der Waals surface area (Å²) < 4.78 is 27.9. The van der Waals surface area contributed by atoms with E-state index in [1.807, 2.05) is 0 Å². The maximum atomic E-state index is 12.5. The zero-order valence-electron chi connectivity index (χ0n) is 10.3. The molecule has 0 atom stereocenters. The first-order chi connectivity index (χ1) is 8.84. The van der Waals surface area contributed by atoms with E-state index in [2.05, 4.69) is 26.2 Å². The van der Waals surface area contributed by atoms with Crippen LogP contribution < -0.4 is 5.73 Å². The van der Waals surface area contributed by atoms with Crippen LogP contribution in [0.3, 0.4) is 0 Å². The first kappa shape index (κ1) is 14.8. The predicted molar refractivity (Wildman–Crippen MR) is 77.0 cm³/mol. The van der Waals surface area contributed by atoms with Crippen molar-refractivity contribution < 1.29 is 8.42 Å². The van der Waals surface area contributed by atoms with E-state index in [-0.39, 0.29) is 15.5 Å². The second-order valence-electron chi connectivity index (χ2n) is 4.39. The van der Waals surface area contributed by atoms with Gasteiger partial charge in [-0.2, -0.15) is 4.31 Å². The van der Waals surface area contributed by atoms with Gasteiger partial charge in [0.1, 0.15) is 0 Å². The molecule has 106 valence electrons. The minimum Gasteiger partial charge on any atom is -0.393 e. The molecule has 0 aromatic carbocycles. The van der Waals surface area contributed by atoms with Gasteiger partial charge in [-0.15, -0.1) is 5.10 Å². The monoisotopic (exact) mass is 367 g/mol. The fourth-order valence-corrected chi connectivity index (χ4v) is 4.84. The molecule has 1 aliphatic heterocycles. The van der Waals surface area contributed by atoms with E-state index in [4.69, 9.17) is 18.0 Å². The van der Waals surface area contributed by atoms with Gasteiger partial charge in [0.25, 0.3) is 10.0 Å². The lowest BCUT2D eigenvalue weighted by molar-refractivity contribution is 0.314. The number of hydrogen-bond donors (Lipinski definition) is 1. The number of nitrogens with two attached hydrogens (primary N) is 1. The molecule has 0 bridgehead atoms. The van der Waals surface area contributed by atoms with Gasteiger partial charge in [0.2, 0.25) is 5.03 Å². The Morgan fingerprint density at radius 3 is 2.47 bits per heavy atom. The van der Waals surface area contributed by atoms with Crippen LogP contribution in [0.25, 0.3) is 0 Å². The Labute approximate surface area is 125 Å². The maximum absolute atomic E-state index is 12.5. The second-order valence-corrected chi connectivity index (χ2v) is 7.47. The molecule has 1 fully saturated rings. The predicted octanol–water partition coefficient (Wildman–Crippen LogP) is 0.264. The molecule has 0 spiro atoms. The summed E-state index contributed by atoms with van der Waals surface area (Å²) in [5.74, 6) is 0.120. The first-order valence-corrected chi connectivity index (χ1v) is 8.33. The number of thiocarbonyl (C=S) groups is 1. The van der Waals surface area contributed by atoms with Crippen LogP contribution in [0.1, 0.15) is 12.8 Å². The number of piperidine rings is 1. The maximum Gasteiger partial charge on any atom is 0.263 e. The van der Waals surface area contributed by atoms with Crippen LogP contribution in [0, 0.1) is 5.92 Å². The zero-order chi connectivity index (χ0) is 14.2. The molecule has 0 aliphatic carbocycles. The number of rotatable bonds is 3. The molecule has 0 amide bonds. The number of aryl methyl sites for hydroxylation is 1. The van der Waals surface area contributed by atoms with Gasteiger partial charge < -0.3 is 5.73 Å². The van der Waals surface area contributed by atoms with Crippen molar-refractivity contribution in [2.45, 2.75) is 17.9 Å². The molecule has 19 heavy (non-hydrogen) atoms. The molecule has 1 aliphatic rings. The summed E-state index contributed by atoms with van der Waals surface area (Å²) in [6.07, 6.45) is 1.30. The molecule has 2 rings (SSSR count). The van der Waals surface area contributed by atoms with Crippen molar-refractivity contribution in [1.29, 1.82) is 0 Å². The minimum atomic E-state index is -3.59. The van der Waals surface area contributed by atoms with Gasteiger partial charge in [0, 0.05) is 26.1 Å². The van der Waals surface area contributed by atoms with Crippen molar-refractivity contribution in [2.75, 3.05) is 13.1 Å². The molecule has 1 saturated heterocycles. The topological polar surface area (TPSA) is 94.1 Å². The van der Waals surface area contributed by atoms with Crippen LogP contribution in [-0.4, -0.2) is 45.8 Å². The number of sulfonamides is 1. The summed E-state index contributed by atoms with van der Waals surface area (Å²) in [4.78, 5) is 0.459. The molecule has 7 nitrogen and oxygen atoms in total. The van der Waals surface area contributed by atoms with Gasteiger partial charge in [-0.25, -0.2) is 13.1 Å². The van der Waals surface area contributed by atoms with Crippen molar-refractivity contribution in [2.24, 2.45) is 18.7 Å². The molecular formula is C9H14BrN5O2S2. The third kappa shape index (κ3) is 2.81. The number of halogens is 1. The Kier molecular flexibility index (Phi) is 4.23. The van der Waals surface area contributed by atoms with Crippen molar-refractivity contribution in [3.05, 3.63) is 4.60 Å². The normalized spacial score (nSPS) is 18.6. The standard InChI is InChI=1S/C9H14BrN5O2S2/c1-14-9(7(10)12-13-14)19(16,17)15-4-2-6(3-5-15)8(11)18/h6H,2-5H2,1H3,(H2,11,18). The van der Waals surface area contributed by atoms with E-state index in [0.717, 1.165) is 0 Å². The summed E-state index contributed by atoms with van der Waals surface area (Å²) in [5, 5.41) is 7.47. The molecular weight excluding hydrogens is 354 g/mol. The Hall–Kier alpha value is -0.580. The molecule has 1 aromatic heterocycles. The van der Waals surface area contributed by atoms with Crippen LogP contribution in [0.4, 0.5) is 0 Å². The van der Waals surface area contributed by atoms with Gasteiger partial charge in [0.05, 0.1) is 4.99 Å². The second kappa shape index (κ2) is 5.43. The van der Waals surface area contributed by atoms with Gasteiger partial charge in [0.15, 0.2) is 4.60 Å². The molecule has 2 N–H and O–H groups in total. The SMILES string of the molecule is Cn1nnc(Br)c1S(=O)(=O)N1CCC(C(N)=S)CC1. The Balaban J connectivity index is 2.21. The lowest BCUT2D eigenvalue weighted by atomic mass is 9.98. The Morgan fingerprint density at radius 2 is 2.05 bits per heavy atom. The highest BCUT2D eigenvalue weighted by atomic mass is 79.9. The lowest BCUT2D eigenvalue weighted by Crippen LogP contribution is -2.41. The van der Waals surface area contributed by atoms with E-state index in [9.17, 15) is 8.42 Å². The smallest absolute Gasteiger partial charge is 0.263 e. The molecule has 0 saturated carbocycles. The van der Waals surface area contributed by atoms with E-state index >= 15 is 0 Å². The van der Waals surface area contributed by atoms with Crippen LogP contribution in [-0.2, 0) is 17.1 Å². The van der Waals surface area contributed by atoms with Crippen molar-refractivity contribution >= 4 is 43.2 Å². The van der Waals surface area contributed by atoms with E-state index < -0.39 is 10.0 Å². The van der Waals surface area contributed by atoms with Gasteiger partial charge in [-0.1, -0.05) is 17.4 Å². The summed E-state index contributed by atoms with van der Waals surface area (Å²) >= 11 is 8.06. The quantitative estimate of drug-likeness (QED) is 0.770. The summed E-state index contributed by atoms with van der Waals surface area (Å²) in [7, 11) is -2.04. The van der Waals surface area contributed by atoms with Crippen LogP contribution in [0.2, 0.25) is 0 Å². The molecule has 0 unspecified atom stereocenters. The average molecular weight is 368 g/mol. The summed E-state index contributed by atoms with van der Waals surface area (Å²) in [6.45, 7) is 0.809. The third-order valence-electron chi connectivity index (χ3n) is 3.18. The van der Waals surface area contributed by atoms with E-state index in [1.165, 1.54) is 8.99 Å². The highest BCUT2D eigenvalue weighted by Crippen LogP contribution is 2.26. The lowest BCUT2D eigenvalue weighted by Gasteiger charge is -2.30. The minimum absolute atomic E-state index is 0.0706. The molecule has 2 heterocycles. The number of hydrogen-bond acceptors (Lipinski definition) is 5. The summed E-state index contributed by atoms with van der Waals surface area (Å²) in [5.41, 5.74) is 5.60. The largest absolute Gasteiger partial charge is 0.393 e. The number of nitrogens with zero attached hydrogens (tertiary/aromatic N) is 4. The van der Waals surface area contributed by atoms with Gasteiger partial charge in [-0.3, -0.25) is 0 Å². The Bertz CT molecular complexity index is 572. The van der Waals surface area contributed by atoms with Gasteiger partial charge >= 0.3 is 0 Å². The Morgan fingerprint density at radius 1 is 1.47 bits per heavy atom. The van der Waals surface area contributed by atoms with Crippen LogP contribution >= 0.6 is 28.1 Å². The van der Waals surface area contributed by atoms with Crippen molar-refractivity contribution in [3.63, 3.8) is 0 Å². The van der Waals surface area contributed by atoms with Crippen LogP contribution in [0.5, 0.6) is 0 Å². The first-order valence-electron chi connectivity index (χ1n) is 5.68. The van der Waals surface area contributed by atoms with Crippen molar-refractivity contribution in [1.82, 2.24) is 19.3 Å². The zero-order valence-corrected chi connectivity index (χ0v) is 13.5. The number of aromatic nitrogens is 3. The average Bonchev–Trinajstić information content (AvgIpc) is 2.69. The van der Waals surface area contributed by atoms with E-state index in [0.29, 0.717) is 30.9 Å².